The summed E-state index contributed by atoms with van der Waals surface area (Å²) in [6.45, 7) is 2.60. The van der Waals surface area contributed by atoms with Gasteiger partial charge < -0.3 is 15.6 Å². The zero-order chi connectivity index (χ0) is 12.3. The molecule has 1 aromatic rings. The molecule has 1 heterocycles. The van der Waals surface area contributed by atoms with Crippen LogP contribution in [0.2, 0.25) is 0 Å². The van der Waals surface area contributed by atoms with E-state index < -0.39 is 0 Å². The number of nitrogens with zero attached hydrogens (tertiary/aromatic N) is 2. The first-order valence-electron chi connectivity index (χ1n) is 6.30. The van der Waals surface area contributed by atoms with Crippen LogP contribution in [0.1, 0.15) is 32.6 Å². The lowest BCUT2D eigenvalue weighted by Gasteiger charge is -2.29. The molecule has 2 rings (SSSR count). The molecule has 1 aliphatic carbocycles. The summed E-state index contributed by atoms with van der Waals surface area (Å²) in [4.78, 5) is 16.1. The fourth-order valence-corrected chi connectivity index (χ4v) is 2.31. The Balaban J connectivity index is 2.15. The average molecular weight is 236 g/mol. The number of nitrogens with one attached hydrogen (secondary N) is 1. The van der Waals surface area contributed by atoms with Crippen molar-refractivity contribution in [2.24, 2.45) is 5.73 Å². The van der Waals surface area contributed by atoms with E-state index in [1.165, 1.54) is 12.8 Å². The van der Waals surface area contributed by atoms with Gasteiger partial charge in [-0.15, -0.1) is 0 Å². The molecule has 0 saturated heterocycles. The maximum absolute atomic E-state index is 12.0. The highest BCUT2D eigenvalue weighted by atomic mass is 16.1. The van der Waals surface area contributed by atoms with Crippen LogP contribution in [0.4, 0.5) is 5.82 Å². The molecule has 1 saturated carbocycles. The van der Waals surface area contributed by atoms with E-state index in [2.05, 4.69) is 10.3 Å². The Morgan fingerprint density at radius 3 is 3.00 bits per heavy atom. The van der Waals surface area contributed by atoms with Gasteiger partial charge in [0.2, 0.25) is 0 Å². The smallest absolute Gasteiger partial charge is 0.293 e. The van der Waals surface area contributed by atoms with Crippen molar-refractivity contribution < 1.29 is 0 Å². The molecule has 3 N–H and O–H groups in total. The average Bonchev–Trinajstić information content (AvgIpc) is 2.34. The van der Waals surface area contributed by atoms with E-state index >= 15 is 0 Å². The Hall–Kier alpha value is -1.36. The summed E-state index contributed by atoms with van der Waals surface area (Å²) in [5, 5.41) is 3.20. The molecule has 5 nitrogen and oxygen atoms in total. The van der Waals surface area contributed by atoms with Crippen molar-refractivity contribution >= 4 is 5.82 Å². The van der Waals surface area contributed by atoms with E-state index in [4.69, 9.17) is 5.73 Å². The lowest BCUT2D eigenvalue weighted by atomic mass is 9.91. The Kier molecular flexibility index (Phi) is 3.78. The number of hydrogen-bond donors (Lipinski definition) is 2. The Bertz CT molecular complexity index is 429. The van der Waals surface area contributed by atoms with Crippen LogP contribution in [0, 0.1) is 0 Å². The van der Waals surface area contributed by atoms with E-state index in [0.717, 1.165) is 12.8 Å². The second-order valence-corrected chi connectivity index (χ2v) is 4.57. The Morgan fingerprint density at radius 1 is 1.53 bits per heavy atom. The van der Waals surface area contributed by atoms with Gasteiger partial charge in [0, 0.05) is 31.0 Å². The lowest BCUT2D eigenvalue weighted by molar-refractivity contribution is 0.403. The summed E-state index contributed by atoms with van der Waals surface area (Å²) in [5.41, 5.74) is 5.99. The van der Waals surface area contributed by atoms with Crippen LogP contribution in [0.3, 0.4) is 0 Å². The summed E-state index contributed by atoms with van der Waals surface area (Å²) in [6.07, 6.45) is 7.74. The standard InChI is InChI=1S/C12H20N4O/c1-2-16-8-7-14-11(12(16)17)15-10-6-4-3-5-9(10)13/h7-10H,2-6,13H2,1H3,(H,14,15). The normalized spacial score (nSPS) is 24.6. The molecule has 17 heavy (non-hydrogen) atoms. The SMILES string of the molecule is CCn1ccnc(NC2CCCCC2N)c1=O. The van der Waals surface area contributed by atoms with E-state index in [1.807, 2.05) is 6.92 Å². The van der Waals surface area contributed by atoms with Gasteiger partial charge in [-0.1, -0.05) is 12.8 Å². The van der Waals surface area contributed by atoms with Crippen molar-refractivity contribution in [3.63, 3.8) is 0 Å². The number of aryl methyl sites for hydroxylation is 1. The molecule has 5 heteroatoms. The highest BCUT2D eigenvalue weighted by Gasteiger charge is 2.22. The van der Waals surface area contributed by atoms with E-state index in [1.54, 1.807) is 17.0 Å². The first-order chi connectivity index (χ1) is 8.22. The molecule has 1 aliphatic rings. The third-order valence-corrected chi connectivity index (χ3v) is 3.40. The number of aromatic nitrogens is 2. The number of anilines is 1. The molecule has 0 bridgehead atoms. The zero-order valence-electron chi connectivity index (χ0n) is 10.2. The second-order valence-electron chi connectivity index (χ2n) is 4.57. The molecule has 0 amide bonds. The zero-order valence-corrected chi connectivity index (χ0v) is 10.2. The number of nitrogens with two attached hydrogens (primary N) is 1. The quantitative estimate of drug-likeness (QED) is 0.819. The van der Waals surface area contributed by atoms with Crippen LogP contribution >= 0.6 is 0 Å². The summed E-state index contributed by atoms with van der Waals surface area (Å²) in [5.74, 6) is 0.428. The maximum Gasteiger partial charge on any atom is 0.293 e. The van der Waals surface area contributed by atoms with Crippen molar-refractivity contribution in [2.75, 3.05) is 5.32 Å². The van der Waals surface area contributed by atoms with Gasteiger partial charge >= 0.3 is 0 Å². The Labute approximate surface area is 101 Å². The lowest BCUT2D eigenvalue weighted by Crippen LogP contribution is -2.44. The van der Waals surface area contributed by atoms with Crippen molar-refractivity contribution in [3.8, 4) is 0 Å². The van der Waals surface area contributed by atoms with Gasteiger partial charge in [-0.25, -0.2) is 4.98 Å². The van der Waals surface area contributed by atoms with Gasteiger partial charge in [0.25, 0.3) is 5.56 Å². The first kappa shape index (κ1) is 12.1. The van der Waals surface area contributed by atoms with Crippen molar-refractivity contribution in [2.45, 2.75) is 51.2 Å². The molecule has 1 aromatic heterocycles. The summed E-state index contributed by atoms with van der Waals surface area (Å²) in [6, 6.07) is 0.303. The van der Waals surface area contributed by atoms with Crippen molar-refractivity contribution in [1.29, 1.82) is 0 Å². The highest BCUT2D eigenvalue weighted by Crippen LogP contribution is 2.19. The van der Waals surface area contributed by atoms with Crippen LogP contribution in [0.15, 0.2) is 17.2 Å². The fourth-order valence-electron chi connectivity index (χ4n) is 2.31. The molecule has 2 atom stereocenters. The topological polar surface area (TPSA) is 72.9 Å². The third-order valence-electron chi connectivity index (χ3n) is 3.40. The van der Waals surface area contributed by atoms with Gasteiger partial charge in [0.05, 0.1) is 0 Å². The molecular formula is C12H20N4O. The minimum absolute atomic E-state index is 0.0622. The fraction of sp³-hybridized carbons (Fsp3) is 0.667. The molecule has 0 spiro atoms. The molecule has 2 unspecified atom stereocenters. The molecule has 94 valence electrons. The van der Waals surface area contributed by atoms with Crippen LogP contribution in [0.5, 0.6) is 0 Å². The number of rotatable bonds is 3. The largest absolute Gasteiger partial charge is 0.361 e. The Morgan fingerprint density at radius 2 is 2.29 bits per heavy atom. The highest BCUT2D eigenvalue weighted by molar-refractivity contribution is 5.33. The number of hydrogen-bond acceptors (Lipinski definition) is 4. The van der Waals surface area contributed by atoms with Gasteiger partial charge in [-0.2, -0.15) is 0 Å². The maximum atomic E-state index is 12.0. The van der Waals surface area contributed by atoms with E-state index in [9.17, 15) is 4.79 Å². The van der Waals surface area contributed by atoms with Gasteiger partial charge in [0.15, 0.2) is 5.82 Å². The molecular weight excluding hydrogens is 216 g/mol. The van der Waals surface area contributed by atoms with E-state index in [0.29, 0.717) is 12.4 Å². The first-order valence-corrected chi connectivity index (χ1v) is 6.30. The minimum atomic E-state index is -0.0622. The second kappa shape index (κ2) is 5.31. The van der Waals surface area contributed by atoms with Crippen molar-refractivity contribution in [3.05, 3.63) is 22.7 Å². The van der Waals surface area contributed by atoms with Gasteiger partial charge in [-0.3, -0.25) is 4.79 Å². The van der Waals surface area contributed by atoms with Crippen LogP contribution in [-0.2, 0) is 6.54 Å². The third kappa shape index (κ3) is 2.66. The molecule has 0 radical (unpaired) electrons. The monoisotopic (exact) mass is 236 g/mol. The molecule has 0 aliphatic heterocycles. The molecule has 1 fully saturated rings. The predicted octanol–water partition coefficient (Wildman–Crippen LogP) is 0.945. The van der Waals surface area contributed by atoms with Crippen LogP contribution in [-0.4, -0.2) is 21.6 Å². The summed E-state index contributed by atoms with van der Waals surface area (Å²) in [7, 11) is 0. The molecule has 0 aromatic carbocycles. The summed E-state index contributed by atoms with van der Waals surface area (Å²) >= 11 is 0. The van der Waals surface area contributed by atoms with Crippen LogP contribution < -0.4 is 16.6 Å². The minimum Gasteiger partial charge on any atom is -0.361 e. The van der Waals surface area contributed by atoms with Crippen LogP contribution in [0.25, 0.3) is 0 Å². The van der Waals surface area contributed by atoms with Gasteiger partial charge in [0.1, 0.15) is 0 Å². The van der Waals surface area contributed by atoms with E-state index in [-0.39, 0.29) is 17.6 Å². The summed E-state index contributed by atoms with van der Waals surface area (Å²) < 4.78 is 1.64. The van der Waals surface area contributed by atoms with Gasteiger partial charge in [-0.05, 0) is 19.8 Å². The van der Waals surface area contributed by atoms with Crippen molar-refractivity contribution in [1.82, 2.24) is 9.55 Å². The predicted molar refractivity (Wildman–Crippen MR) is 68.0 cm³/mol.